The lowest BCUT2D eigenvalue weighted by Crippen LogP contribution is -2.30. The van der Waals surface area contributed by atoms with Crippen LogP contribution in [0.3, 0.4) is 0 Å². The second-order valence-electron chi connectivity index (χ2n) is 6.25. The minimum Gasteiger partial charge on any atom is -0.494 e. The Morgan fingerprint density at radius 2 is 2.18 bits per heavy atom. The second-order valence-corrected chi connectivity index (χ2v) is 6.25. The third kappa shape index (κ3) is 4.73. The Balaban J connectivity index is 1.66. The van der Waals surface area contributed by atoms with Gasteiger partial charge < -0.3 is 15.0 Å². The molecular formula is C18H28N2O2. The van der Waals surface area contributed by atoms with Crippen LogP contribution in [-0.4, -0.2) is 44.1 Å². The number of rotatable bonds is 7. The molecule has 1 aromatic carbocycles. The van der Waals surface area contributed by atoms with Gasteiger partial charge in [0.2, 0.25) is 5.91 Å². The molecule has 1 heterocycles. The lowest BCUT2D eigenvalue weighted by atomic mass is 10.1. The van der Waals surface area contributed by atoms with E-state index in [1.807, 2.05) is 18.0 Å². The van der Waals surface area contributed by atoms with Gasteiger partial charge in [0.1, 0.15) is 5.75 Å². The van der Waals surface area contributed by atoms with Gasteiger partial charge in [0.05, 0.1) is 6.61 Å². The van der Waals surface area contributed by atoms with Crippen LogP contribution in [-0.2, 0) is 4.79 Å². The van der Waals surface area contributed by atoms with Crippen molar-refractivity contribution in [2.45, 2.75) is 33.1 Å². The molecule has 0 bridgehead atoms. The van der Waals surface area contributed by atoms with Crippen molar-refractivity contribution in [2.24, 2.45) is 5.92 Å². The Morgan fingerprint density at radius 1 is 1.36 bits per heavy atom. The maximum Gasteiger partial charge on any atom is 0.222 e. The van der Waals surface area contributed by atoms with Crippen LogP contribution in [0.2, 0.25) is 0 Å². The number of nitrogens with one attached hydrogen (secondary N) is 1. The van der Waals surface area contributed by atoms with Crippen LogP contribution in [0, 0.1) is 19.8 Å². The predicted octanol–water partition coefficient (Wildman–Crippen LogP) is 2.53. The summed E-state index contributed by atoms with van der Waals surface area (Å²) < 4.78 is 5.73. The summed E-state index contributed by atoms with van der Waals surface area (Å²) in [5.74, 6) is 1.77. The van der Waals surface area contributed by atoms with Crippen LogP contribution in [0.4, 0.5) is 0 Å². The van der Waals surface area contributed by atoms with Gasteiger partial charge in [-0.1, -0.05) is 6.07 Å². The van der Waals surface area contributed by atoms with E-state index in [4.69, 9.17) is 4.74 Å². The fraction of sp³-hybridized carbons (Fsp3) is 0.611. The van der Waals surface area contributed by atoms with Gasteiger partial charge in [-0.25, -0.2) is 0 Å². The zero-order valence-electron chi connectivity index (χ0n) is 14.0. The van der Waals surface area contributed by atoms with E-state index >= 15 is 0 Å². The average Bonchev–Trinajstić information content (AvgIpc) is 2.96. The first-order valence-electron chi connectivity index (χ1n) is 8.22. The maximum atomic E-state index is 12.2. The molecule has 4 heteroatoms. The summed E-state index contributed by atoms with van der Waals surface area (Å²) in [4.78, 5) is 14.2. The largest absolute Gasteiger partial charge is 0.494 e. The first-order chi connectivity index (χ1) is 10.6. The topological polar surface area (TPSA) is 41.6 Å². The minimum absolute atomic E-state index is 0.266. The molecule has 1 saturated heterocycles. The predicted molar refractivity (Wildman–Crippen MR) is 89.3 cm³/mol. The van der Waals surface area contributed by atoms with Crippen LogP contribution >= 0.6 is 0 Å². The van der Waals surface area contributed by atoms with E-state index in [0.29, 0.717) is 18.9 Å². The fourth-order valence-corrected chi connectivity index (χ4v) is 2.89. The number of hydrogen-bond acceptors (Lipinski definition) is 3. The Morgan fingerprint density at radius 3 is 2.91 bits per heavy atom. The third-order valence-corrected chi connectivity index (χ3v) is 4.41. The van der Waals surface area contributed by atoms with Crippen molar-refractivity contribution in [1.29, 1.82) is 0 Å². The normalized spacial score (nSPS) is 17.8. The van der Waals surface area contributed by atoms with Gasteiger partial charge >= 0.3 is 0 Å². The summed E-state index contributed by atoms with van der Waals surface area (Å²) in [7, 11) is 1.97. The molecule has 1 aliphatic rings. The number of hydrogen-bond donors (Lipinski definition) is 1. The number of ether oxygens (including phenoxy) is 1. The van der Waals surface area contributed by atoms with Crippen molar-refractivity contribution in [1.82, 2.24) is 10.2 Å². The number of carbonyl (C=O) groups is 1. The average molecular weight is 304 g/mol. The van der Waals surface area contributed by atoms with E-state index < -0.39 is 0 Å². The second kappa shape index (κ2) is 8.18. The van der Waals surface area contributed by atoms with Gasteiger partial charge in [0.15, 0.2) is 0 Å². The van der Waals surface area contributed by atoms with Gasteiger partial charge in [-0.05, 0) is 69.5 Å². The molecule has 0 radical (unpaired) electrons. The highest BCUT2D eigenvalue weighted by molar-refractivity contribution is 5.76. The molecule has 1 N–H and O–H groups in total. The molecule has 4 nitrogen and oxygen atoms in total. The summed E-state index contributed by atoms with van der Waals surface area (Å²) in [6, 6.07) is 6.12. The van der Waals surface area contributed by atoms with Gasteiger partial charge in [0.25, 0.3) is 0 Å². The van der Waals surface area contributed by atoms with Gasteiger partial charge in [-0.15, -0.1) is 0 Å². The number of likely N-dealkylation sites (tertiary alicyclic amines) is 1. The Labute approximate surface area is 133 Å². The molecule has 22 heavy (non-hydrogen) atoms. The Bertz CT molecular complexity index is 502. The SMILES string of the molecule is CNCC1CCN(C(=O)CCCOc2ccc(C)c(C)c2)C1. The number of amides is 1. The molecular weight excluding hydrogens is 276 g/mol. The Kier molecular flexibility index (Phi) is 6.25. The lowest BCUT2D eigenvalue weighted by Gasteiger charge is -2.16. The Hall–Kier alpha value is -1.55. The standard InChI is InChI=1S/C18H28N2O2/c1-14-6-7-17(11-15(14)2)22-10-4-5-18(21)20-9-8-16(13-20)12-19-3/h6-7,11,16,19H,4-5,8-10,12-13H2,1-3H3. The number of carbonyl (C=O) groups excluding carboxylic acids is 1. The summed E-state index contributed by atoms with van der Waals surface area (Å²) in [6.07, 6.45) is 2.47. The smallest absolute Gasteiger partial charge is 0.222 e. The van der Waals surface area contributed by atoms with Crippen molar-refractivity contribution >= 4 is 5.91 Å². The third-order valence-electron chi connectivity index (χ3n) is 4.41. The molecule has 0 spiro atoms. The van der Waals surface area contributed by atoms with Crippen LogP contribution in [0.15, 0.2) is 18.2 Å². The van der Waals surface area contributed by atoms with Crippen molar-refractivity contribution in [3.8, 4) is 5.75 Å². The summed E-state index contributed by atoms with van der Waals surface area (Å²) in [6.45, 7) is 7.58. The highest BCUT2D eigenvalue weighted by atomic mass is 16.5. The van der Waals surface area contributed by atoms with Crippen molar-refractivity contribution in [3.05, 3.63) is 29.3 Å². The van der Waals surface area contributed by atoms with E-state index in [0.717, 1.165) is 38.2 Å². The number of nitrogens with zero attached hydrogens (tertiary/aromatic N) is 1. The summed E-state index contributed by atoms with van der Waals surface area (Å²) in [5, 5.41) is 3.19. The van der Waals surface area contributed by atoms with Crippen molar-refractivity contribution in [3.63, 3.8) is 0 Å². The highest BCUT2D eigenvalue weighted by Gasteiger charge is 2.25. The maximum absolute atomic E-state index is 12.2. The molecule has 1 fully saturated rings. The molecule has 1 atom stereocenters. The van der Waals surface area contributed by atoms with E-state index in [1.54, 1.807) is 0 Å². The molecule has 0 aromatic heterocycles. The molecule has 0 saturated carbocycles. The fourth-order valence-electron chi connectivity index (χ4n) is 2.89. The zero-order valence-corrected chi connectivity index (χ0v) is 14.0. The first-order valence-corrected chi connectivity index (χ1v) is 8.22. The van der Waals surface area contributed by atoms with Crippen molar-refractivity contribution in [2.75, 3.05) is 33.3 Å². The molecule has 0 aliphatic carbocycles. The van der Waals surface area contributed by atoms with Crippen LogP contribution in [0.5, 0.6) is 5.75 Å². The molecule has 1 aliphatic heterocycles. The van der Waals surface area contributed by atoms with Gasteiger partial charge in [0, 0.05) is 19.5 Å². The minimum atomic E-state index is 0.266. The van der Waals surface area contributed by atoms with Crippen molar-refractivity contribution < 1.29 is 9.53 Å². The molecule has 1 amide bonds. The highest BCUT2D eigenvalue weighted by Crippen LogP contribution is 2.18. The van der Waals surface area contributed by atoms with E-state index in [2.05, 4.69) is 31.3 Å². The number of aryl methyl sites for hydroxylation is 2. The summed E-state index contributed by atoms with van der Waals surface area (Å²) in [5.41, 5.74) is 2.51. The molecule has 2 rings (SSSR count). The molecule has 1 unspecified atom stereocenters. The van der Waals surface area contributed by atoms with E-state index in [1.165, 1.54) is 11.1 Å². The van der Waals surface area contributed by atoms with Gasteiger partial charge in [-0.2, -0.15) is 0 Å². The van der Waals surface area contributed by atoms with E-state index in [-0.39, 0.29) is 5.91 Å². The molecule has 1 aromatic rings. The van der Waals surface area contributed by atoms with Gasteiger partial charge in [-0.3, -0.25) is 4.79 Å². The summed E-state index contributed by atoms with van der Waals surface area (Å²) >= 11 is 0. The number of benzene rings is 1. The first kappa shape index (κ1) is 16.8. The van der Waals surface area contributed by atoms with E-state index in [9.17, 15) is 4.79 Å². The van der Waals surface area contributed by atoms with Crippen LogP contribution < -0.4 is 10.1 Å². The zero-order chi connectivity index (χ0) is 15.9. The molecule has 122 valence electrons. The monoisotopic (exact) mass is 304 g/mol. The lowest BCUT2D eigenvalue weighted by molar-refractivity contribution is -0.130. The van der Waals surface area contributed by atoms with Crippen LogP contribution in [0.1, 0.15) is 30.4 Å². The van der Waals surface area contributed by atoms with Crippen LogP contribution in [0.25, 0.3) is 0 Å². The quantitative estimate of drug-likeness (QED) is 0.787.